The van der Waals surface area contributed by atoms with Crippen LogP contribution >= 0.6 is 11.6 Å². The largest absolute Gasteiger partial charge is 0.321 e. The lowest BCUT2D eigenvalue weighted by Crippen LogP contribution is -2.14. The minimum atomic E-state index is -0.329. The number of hydrogen-bond acceptors (Lipinski definition) is 2. The van der Waals surface area contributed by atoms with Gasteiger partial charge >= 0.3 is 0 Å². The summed E-state index contributed by atoms with van der Waals surface area (Å²) in [7, 11) is 0. The summed E-state index contributed by atoms with van der Waals surface area (Å²) in [5, 5.41) is 0.666. The number of nitrogens with zero attached hydrogens (tertiary/aromatic N) is 2. The van der Waals surface area contributed by atoms with Crippen molar-refractivity contribution in [2.45, 2.75) is 19.4 Å². The van der Waals surface area contributed by atoms with E-state index in [1.807, 2.05) is 29.8 Å². The van der Waals surface area contributed by atoms with Gasteiger partial charge in [-0.25, -0.2) is 4.98 Å². The van der Waals surface area contributed by atoms with E-state index in [1.54, 1.807) is 18.3 Å². The Morgan fingerprint density at radius 1 is 1.41 bits per heavy atom. The first-order valence-electron chi connectivity index (χ1n) is 5.48. The zero-order chi connectivity index (χ0) is 12.3. The summed E-state index contributed by atoms with van der Waals surface area (Å²) in [6.45, 7) is 2.02. The van der Waals surface area contributed by atoms with E-state index in [9.17, 15) is 4.79 Å². The molecule has 2 rings (SSSR count). The Morgan fingerprint density at radius 3 is 2.71 bits per heavy atom. The van der Waals surface area contributed by atoms with E-state index in [4.69, 9.17) is 11.6 Å². The Balaban J connectivity index is 2.40. The van der Waals surface area contributed by atoms with Crippen LogP contribution in [0.5, 0.6) is 0 Å². The van der Waals surface area contributed by atoms with E-state index in [1.165, 1.54) is 0 Å². The quantitative estimate of drug-likeness (QED) is 0.780. The maximum absolute atomic E-state index is 11.3. The molecule has 0 N–H and O–H groups in total. The Bertz CT molecular complexity index is 504. The monoisotopic (exact) mass is 248 g/mol. The Hall–Kier alpha value is -1.61. The second-order valence-corrected chi connectivity index (χ2v) is 4.17. The van der Waals surface area contributed by atoms with Gasteiger partial charge in [0.15, 0.2) is 0 Å². The summed E-state index contributed by atoms with van der Waals surface area (Å²) < 4.78 is 1.89. The van der Waals surface area contributed by atoms with Gasteiger partial charge in [-0.1, -0.05) is 30.7 Å². The molecule has 0 amide bonds. The van der Waals surface area contributed by atoms with Crippen LogP contribution in [0.25, 0.3) is 0 Å². The molecule has 0 saturated heterocycles. The molecule has 88 valence electrons. The van der Waals surface area contributed by atoms with E-state index < -0.39 is 0 Å². The van der Waals surface area contributed by atoms with Crippen LogP contribution in [-0.4, -0.2) is 15.8 Å². The summed E-state index contributed by atoms with van der Waals surface area (Å²) in [5.41, 5.74) is 0.914. The smallest absolute Gasteiger partial charge is 0.147 e. The Labute approximate surface area is 105 Å². The number of aryl methyl sites for hydroxylation is 1. The van der Waals surface area contributed by atoms with Crippen LogP contribution in [0.4, 0.5) is 0 Å². The van der Waals surface area contributed by atoms with Gasteiger partial charge in [0.25, 0.3) is 0 Å². The minimum Gasteiger partial charge on any atom is -0.321 e. The zero-order valence-corrected chi connectivity index (χ0v) is 10.3. The number of benzene rings is 1. The van der Waals surface area contributed by atoms with Crippen molar-refractivity contribution in [3.05, 3.63) is 53.1 Å². The molecular weight excluding hydrogens is 236 g/mol. The van der Waals surface area contributed by atoms with Crippen molar-refractivity contribution in [3.63, 3.8) is 0 Å². The first-order valence-corrected chi connectivity index (χ1v) is 5.86. The van der Waals surface area contributed by atoms with Crippen LogP contribution in [-0.2, 0) is 11.2 Å². The molecule has 0 aliphatic carbocycles. The fraction of sp³-hybridized carbons (Fsp3) is 0.231. The van der Waals surface area contributed by atoms with Crippen LogP contribution < -0.4 is 0 Å². The molecule has 1 aromatic heterocycles. The van der Waals surface area contributed by atoms with Crippen molar-refractivity contribution in [2.24, 2.45) is 0 Å². The molecule has 0 radical (unpaired) electrons. The van der Waals surface area contributed by atoms with Crippen molar-refractivity contribution in [2.75, 3.05) is 0 Å². The van der Waals surface area contributed by atoms with Crippen LogP contribution in [0.1, 0.15) is 24.4 Å². The Morgan fingerprint density at radius 2 is 2.12 bits per heavy atom. The average molecular weight is 249 g/mol. The van der Waals surface area contributed by atoms with Gasteiger partial charge in [-0.15, -0.1) is 0 Å². The normalized spacial score (nSPS) is 12.4. The molecule has 1 unspecified atom stereocenters. The van der Waals surface area contributed by atoms with Gasteiger partial charge in [-0.05, 0) is 17.7 Å². The molecular formula is C13H13ClN2O. The van der Waals surface area contributed by atoms with Gasteiger partial charge < -0.3 is 9.36 Å². The third-order valence-corrected chi connectivity index (χ3v) is 2.96. The van der Waals surface area contributed by atoms with E-state index in [0.29, 0.717) is 5.02 Å². The molecule has 0 aliphatic heterocycles. The van der Waals surface area contributed by atoms with Crippen LogP contribution in [0.15, 0.2) is 36.7 Å². The van der Waals surface area contributed by atoms with E-state index in [0.717, 1.165) is 24.1 Å². The second kappa shape index (κ2) is 5.15. The van der Waals surface area contributed by atoms with E-state index in [-0.39, 0.29) is 6.04 Å². The second-order valence-electron chi connectivity index (χ2n) is 3.74. The van der Waals surface area contributed by atoms with Gasteiger partial charge in [0.05, 0.1) is 0 Å². The van der Waals surface area contributed by atoms with E-state index in [2.05, 4.69) is 4.98 Å². The lowest BCUT2D eigenvalue weighted by molar-refractivity contribution is -0.109. The summed E-state index contributed by atoms with van der Waals surface area (Å²) in [6, 6.07) is 6.97. The third-order valence-electron chi connectivity index (χ3n) is 2.71. The molecule has 0 fully saturated rings. The highest BCUT2D eigenvalue weighted by Crippen LogP contribution is 2.20. The summed E-state index contributed by atoms with van der Waals surface area (Å²) in [5.74, 6) is 0.900. The number of rotatable bonds is 4. The molecule has 3 nitrogen and oxygen atoms in total. The number of imidazole rings is 1. The first kappa shape index (κ1) is 11.9. The number of aldehydes is 1. The van der Waals surface area contributed by atoms with Crippen LogP contribution in [0.2, 0.25) is 5.02 Å². The number of hydrogen-bond donors (Lipinski definition) is 0. The summed E-state index contributed by atoms with van der Waals surface area (Å²) in [4.78, 5) is 15.5. The molecule has 1 heterocycles. The molecule has 1 atom stereocenters. The predicted molar refractivity (Wildman–Crippen MR) is 67.3 cm³/mol. The minimum absolute atomic E-state index is 0.329. The summed E-state index contributed by atoms with van der Waals surface area (Å²) >= 11 is 5.84. The topological polar surface area (TPSA) is 34.9 Å². The summed E-state index contributed by atoms with van der Waals surface area (Å²) in [6.07, 6.45) is 5.26. The van der Waals surface area contributed by atoms with Crippen LogP contribution in [0, 0.1) is 0 Å². The molecule has 0 aliphatic rings. The van der Waals surface area contributed by atoms with Crippen molar-refractivity contribution in [1.82, 2.24) is 9.55 Å². The maximum atomic E-state index is 11.3. The molecule has 0 spiro atoms. The highest BCUT2D eigenvalue weighted by Gasteiger charge is 2.14. The lowest BCUT2D eigenvalue weighted by atomic mass is 10.1. The van der Waals surface area contributed by atoms with Gasteiger partial charge in [0.1, 0.15) is 18.2 Å². The van der Waals surface area contributed by atoms with Gasteiger partial charge in [0, 0.05) is 23.8 Å². The van der Waals surface area contributed by atoms with Crippen molar-refractivity contribution < 1.29 is 4.79 Å². The van der Waals surface area contributed by atoms with Crippen LogP contribution in [0.3, 0.4) is 0 Å². The number of aromatic nitrogens is 2. The van der Waals surface area contributed by atoms with Crippen molar-refractivity contribution >= 4 is 17.9 Å². The number of halogens is 1. The predicted octanol–water partition coefficient (Wildman–Crippen LogP) is 2.89. The molecule has 4 heteroatoms. The molecule has 1 aromatic carbocycles. The van der Waals surface area contributed by atoms with Crippen molar-refractivity contribution in [1.29, 1.82) is 0 Å². The van der Waals surface area contributed by atoms with Crippen molar-refractivity contribution in [3.8, 4) is 0 Å². The SMILES string of the molecule is CCc1nccn1C(C=O)c1ccc(Cl)cc1. The Kier molecular flexibility index (Phi) is 3.59. The molecule has 2 aromatic rings. The van der Waals surface area contributed by atoms with E-state index >= 15 is 0 Å². The lowest BCUT2D eigenvalue weighted by Gasteiger charge is -2.15. The highest BCUT2D eigenvalue weighted by atomic mass is 35.5. The fourth-order valence-corrected chi connectivity index (χ4v) is 1.96. The third kappa shape index (κ3) is 2.39. The molecule has 0 bridgehead atoms. The maximum Gasteiger partial charge on any atom is 0.147 e. The first-order chi connectivity index (χ1) is 8.26. The zero-order valence-electron chi connectivity index (χ0n) is 9.51. The number of carbonyl (C=O) groups is 1. The van der Waals surface area contributed by atoms with Gasteiger partial charge in [-0.2, -0.15) is 0 Å². The molecule has 17 heavy (non-hydrogen) atoms. The standard InChI is InChI=1S/C13H13ClN2O/c1-2-13-15-7-8-16(13)12(9-17)10-3-5-11(14)6-4-10/h3-9,12H,2H2,1H3. The highest BCUT2D eigenvalue weighted by molar-refractivity contribution is 6.30. The average Bonchev–Trinajstić information content (AvgIpc) is 2.81. The van der Waals surface area contributed by atoms with Gasteiger partial charge in [0.2, 0.25) is 0 Å². The number of carbonyl (C=O) groups excluding carboxylic acids is 1. The fourth-order valence-electron chi connectivity index (χ4n) is 1.84. The molecule has 0 saturated carbocycles. The van der Waals surface area contributed by atoms with Gasteiger partial charge in [-0.3, -0.25) is 0 Å².